The molecule has 2 N–H and O–H groups in total. The molecular weight excluding hydrogens is 552 g/mol. The second kappa shape index (κ2) is 13.0. The Kier molecular flexibility index (Phi) is 9.20. The number of ether oxygens (including phenoxy) is 2. The molecule has 0 radical (unpaired) electrons. The van der Waals surface area contributed by atoms with Gasteiger partial charge in [-0.3, -0.25) is 19.7 Å². The quantitative estimate of drug-likeness (QED) is 0.136. The SMILES string of the molecule is CCOc1cc(/C=C2/NC(=O)N(CC(=O)Nc3ccccc3CC)C2=O)cc(Cl)c1OCc1ccc([N+](=O)[O-])cc1. The molecule has 1 aliphatic heterocycles. The number of nitrogens with zero attached hydrogens (tertiary/aromatic N) is 2. The van der Waals surface area contributed by atoms with Gasteiger partial charge in [0.25, 0.3) is 11.6 Å². The van der Waals surface area contributed by atoms with Crippen LogP contribution in [0.3, 0.4) is 0 Å². The average Bonchev–Trinajstić information content (AvgIpc) is 3.20. The summed E-state index contributed by atoms with van der Waals surface area (Å²) in [7, 11) is 0. The molecular formula is C29H27ClN4O7. The molecule has 0 unspecified atom stereocenters. The molecule has 1 fully saturated rings. The largest absolute Gasteiger partial charge is 0.490 e. The van der Waals surface area contributed by atoms with Crippen LogP contribution in [0.4, 0.5) is 16.2 Å². The van der Waals surface area contributed by atoms with Crippen molar-refractivity contribution in [1.29, 1.82) is 0 Å². The van der Waals surface area contributed by atoms with E-state index in [1.165, 1.54) is 18.2 Å². The van der Waals surface area contributed by atoms with E-state index in [2.05, 4.69) is 10.6 Å². The second-order valence-electron chi connectivity index (χ2n) is 8.91. The summed E-state index contributed by atoms with van der Waals surface area (Å²) < 4.78 is 11.6. The minimum absolute atomic E-state index is 0.0326. The number of carbonyl (C=O) groups excluding carboxylic acids is 3. The van der Waals surface area contributed by atoms with E-state index >= 15 is 0 Å². The zero-order valence-corrected chi connectivity index (χ0v) is 23.1. The van der Waals surface area contributed by atoms with Gasteiger partial charge in [0.2, 0.25) is 5.91 Å². The summed E-state index contributed by atoms with van der Waals surface area (Å²) in [5, 5.41) is 16.3. The van der Waals surface area contributed by atoms with Crippen LogP contribution < -0.4 is 20.1 Å². The first-order valence-electron chi connectivity index (χ1n) is 12.7. The van der Waals surface area contributed by atoms with Crippen molar-refractivity contribution in [2.45, 2.75) is 26.9 Å². The average molecular weight is 579 g/mol. The molecule has 1 heterocycles. The Balaban J connectivity index is 1.48. The minimum Gasteiger partial charge on any atom is -0.490 e. The van der Waals surface area contributed by atoms with E-state index in [0.29, 0.717) is 35.6 Å². The number of benzene rings is 3. The molecule has 212 valence electrons. The van der Waals surface area contributed by atoms with Crippen molar-refractivity contribution in [3.8, 4) is 11.5 Å². The third-order valence-corrected chi connectivity index (χ3v) is 6.39. The van der Waals surface area contributed by atoms with Crippen LogP contribution >= 0.6 is 11.6 Å². The Hall–Kier alpha value is -4.90. The third kappa shape index (κ3) is 7.00. The monoisotopic (exact) mass is 578 g/mol. The van der Waals surface area contributed by atoms with Crippen molar-refractivity contribution in [2.24, 2.45) is 0 Å². The van der Waals surface area contributed by atoms with Crippen LogP contribution in [-0.2, 0) is 22.6 Å². The highest BCUT2D eigenvalue weighted by molar-refractivity contribution is 6.32. The molecule has 41 heavy (non-hydrogen) atoms. The lowest BCUT2D eigenvalue weighted by molar-refractivity contribution is -0.384. The number of amides is 4. The summed E-state index contributed by atoms with van der Waals surface area (Å²) in [5.74, 6) is -0.619. The van der Waals surface area contributed by atoms with Gasteiger partial charge in [-0.2, -0.15) is 0 Å². The number of urea groups is 1. The normalized spacial score (nSPS) is 13.7. The van der Waals surface area contributed by atoms with Gasteiger partial charge in [0.05, 0.1) is 16.6 Å². The molecule has 0 atom stereocenters. The number of hydrogen-bond acceptors (Lipinski definition) is 7. The Morgan fingerprint density at radius 3 is 2.51 bits per heavy atom. The first kappa shape index (κ1) is 29.1. The third-order valence-electron chi connectivity index (χ3n) is 6.11. The lowest BCUT2D eigenvalue weighted by Crippen LogP contribution is -2.38. The summed E-state index contributed by atoms with van der Waals surface area (Å²) >= 11 is 6.49. The number of non-ortho nitro benzene ring substituents is 1. The van der Waals surface area contributed by atoms with E-state index in [1.807, 2.05) is 19.1 Å². The highest BCUT2D eigenvalue weighted by Gasteiger charge is 2.35. The van der Waals surface area contributed by atoms with Gasteiger partial charge in [-0.15, -0.1) is 0 Å². The van der Waals surface area contributed by atoms with Crippen LogP contribution in [0.5, 0.6) is 11.5 Å². The highest BCUT2D eigenvalue weighted by Crippen LogP contribution is 2.38. The summed E-state index contributed by atoms with van der Waals surface area (Å²) in [6.07, 6.45) is 2.14. The number of aryl methyl sites for hydroxylation is 1. The van der Waals surface area contributed by atoms with E-state index in [0.717, 1.165) is 10.5 Å². The zero-order valence-electron chi connectivity index (χ0n) is 22.3. The van der Waals surface area contributed by atoms with E-state index in [4.69, 9.17) is 21.1 Å². The number of nitrogens with one attached hydrogen (secondary N) is 2. The molecule has 12 heteroatoms. The first-order valence-corrected chi connectivity index (χ1v) is 13.1. The number of nitro benzene ring substituents is 1. The molecule has 0 bridgehead atoms. The molecule has 0 spiro atoms. The van der Waals surface area contributed by atoms with Crippen molar-refractivity contribution in [3.63, 3.8) is 0 Å². The molecule has 1 aliphatic rings. The molecule has 0 aliphatic carbocycles. The second-order valence-corrected chi connectivity index (χ2v) is 9.32. The first-order chi connectivity index (χ1) is 19.7. The number of rotatable bonds is 11. The highest BCUT2D eigenvalue weighted by atomic mass is 35.5. The number of imide groups is 1. The predicted octanol–water partition coefficient (Wildman–Crippen LogP) is 5.32. The van der Waals surface area contributed by atoms with Crippen molar-refractivity contribution >= 4 is 46.9 Å². The van der Waals surface area contributed by atoms with Crippen LogP contribution in [0, 0.1) is 10.1 Å². The van der Waals surface area contributed by atoms with Crippen molar-refractivity contribution < 1.29 is 28.8 Å². The standard InChI is InChI=1S/C29H27ClN4O7/c1-3-20-7-5-6-8-23(20)31-26(35)16-33-28(36)24(32-29(33)37)14-19-13-22(30)27(25(15-19)40-4-2)41-17-18-9-11-21(12-10-18)34(38)39/h5-15H,3-4,16-17H2,1-2H3,(H,31,35)(H,32,37)/b24-14+. The van der Waals surface area contributed by atoms with Gasteiger partial charge in [0.15, 0.2) is 11.5 Å². The Morgan fingerprint density at radius 1 is 1.10 bits per heavy atom. The van der Waals surface area contributed by atoms with Gasteiger partial charge in [0.1, 0.15) is 18.8 Å². The summed E-state index contributed by atoms with van der Waals surface area (Å²) in [4.78, 5) is 49.3. The number of hydrogen-bond donors (Lipinski definition) is 2. The van der Waals surface area contributed by atoms with Gasteiger partial charge in [-0.05, 0) is 66.4 Å². The minimum atomic E-state index is -0.723. The Labute approximate surface area is 240 Å². The fourth-order valence-electron chi connectivity index (χ4n) is 4.11. The molecule has 4 rings (SSSR count). The number of nitro groups is 1. The zero-order chi connectivity index (χ0) is 29.5. The maximum atomic E-state index is 13.0. The number of halogens is 1. The Bertz CT molecular complexity index is 1520. The summed E-state index contributed by atoms with van der Waals surface area (Å²) in [6.45, 7) is 3.65. The van der Waals surface area contributed by atoms with Gasteiger partial charge in [-0.1, -0.05) is 36.7 Å². The lowest BCUT2D eigenvalue weighted by Gasteiger charge is -2.15. The molecule has 0 aromatic heterocycles. The summed E-state index contributed by atoms with van der Waals surface area (Å²) in [5.41, 5.74) is 2.62. The molecule has 3 aromatic carbocycles. The number of carbonyl (C=O) groups is 3. The van der Waals surface area contributed by atoms with Gasteiger partial charge >= 0.3 is 6.03 Å². The fourth-order valence-corrected chi connectivity index (χ4v) is 4.38. The molecule has 3 aromatic rings. The van der Waals surface area contributed by atoms with Crippen molar-refractivity contribution in [2.75, 3.05) is 18.5 Å². The molecule has 11 nitrogen and oxygen atoms in total. The lowest BCUT2D eigenvalue weighted by atomic mass is 10.1. The topological polar surface area (TPSA) is 140 Å². The molecule has 4 amide bonds. The van der Waals surface area contributed by atoms with Crippen LogP contribution in [0.15, 0.2) is 66.4 Å². The van der Waals surface area contributed by atoms with E-state index in [-0.39, 0.29) is 28.8 Å². The maximum Gasteiger partial charge on any atom is 0.329 e. The summed E-state index contributed by atoms with van der Waals surface area (Å²) in [6, 6.07) is 15.6. The predicted molar refractivity (Wildman–Crippen MR) is 153 cm³/mol. The van der Waals surface area contributed by atoms with Crippen molar-refractivity contribution in [3.05, 3.63) is 98.2 Å². The Morgan fingerprint density at radius 2 is 1.83 bits per heavy atom. The van der Waals surface area contributed by atoms with Crippen LogP contribution in [0.2, 0.25) is 5.02 Å². The van der Waals surface area contributed by atoms with Crippen LogP contribution in [0.25, 0.3) is 6.08 Å². The number of para-hydroxylation sites is 1. The van der Waals surface area contributed by atoms with Crippen LogP contribution in [0.1, 0.15) is 30.5 Å². The number of anilines is 1. The maximum absolute atomic E-state index is 13.0. The molecule has 0 saturated carbocycles. The molecule has 1 saturated heterocycles. The van der Waals surface area contributed by atoms with Gasteiger partial charge in [-0.25, -0.2) is 9.69 Å². The smallest absolute Gasteiger partial charge is 0.329 e. The van der Waals surface area contributed by atoms with Crippen molar-refractivity contribution in [1.82, 2.24) is 10.2 Å². The fraction of sp³-hybridized carbons (Fsp3) is 0.207. The van der Waals surface area contributed by atoms with E-state index in [1.54, 1.807) is 43.3 Å². The van der Waals surface area contributed by atoms with Gasteiger partial charge in [0, 0.05) is 17.8 Å². The van der Waals surface area contributed by atoms with Gasteiger partial charge < -0.3 is 20.1 Å². The van der Waals surface area contributed by atoms with Crippen LogP contribution in [-0.4, -0.2) is 40.8 Å². The van der Waals surface area contributed by atoms with E-state index in [9.17, 15) is 24.5 Å². The van der Waals surface area contributed by atoms with E-state index < -0.39 is 29.3 Å².